The predicted molar refractivity (Wildman–Crippen MR) is 93.2 cm³/mol. The minimum Gasteiger partial charge on any atom is -0.377 e. The van der Waals surface area contributed by atoms with E-state index in [2.05, 4.69) is 27.5 Å². The summed E-state index contributed by atoms with van der Waals surface area (Å²) in [5, 5.41) is 9.15. The minimum atomic E-state index is 0.490. The maximum Gasteiger partial charge on any atom is 0.176 e. The van der Waals surface area contributed by atoms with E-state index in [-0.39, 0.29) is 0 Å². The molecule has 1 aliphatic carbocycles. The molecule has 0 spiro atoms. The summed E-state index contributed by atoms with van der Waals surface area (Å²) in [4.78, 5) is 4.54. The van der Waals surface area contributed by atoms with Crippen LogP contribution in [0, 0.1) is 0 Å². The van der Waals surface area contributed by atoms with Crippen LogP contribution in [0.25, 0.3) is 0 Å². The van der Waals surface area contributed by atoms with E-state index >= 15 is 0 Å². The number of aromatic nitrogens is 3. The summed E-state index contributed by atoms with van der Waals surface area (Å²) in [6.45, 7) is 1.40. The van der Waals surface area contributed by atoms with Crippen molar-refractivity contribution in [3.8, 4) is 0 Å². The molecule has 0 unspecified atom stereocenters. The maximum absolute atomic E-state index is 5.96. The summed E-state index contributed by atoms with van der Waals surface area (Å²) >= 11 is 5.96. The first kappa shape index (κ1) is 16.1. The molecule has 5 nitrogen and oxygen atoms in total. The quantitative estimate of drug-likeness (QED) is 0.904. The second-order valence-corrected chi connectivity index (χ2v) is 7.31. The van der Waals surface area contributed by atoms with Crippen LogP contribution in [0.3, 0.4) is 0 Å². The van der Waals surface area contributed by atoms with Gasteiger partial charge in [0.2, 0.25) is 0 Å². The molecule has 24 heavy (non-hydrogen) atoms. The van der Waals surface area contributed by atoms with E-state index in [1.807, 2.05) is 16.8 Å². The molecule has 1 fully saturated rings. The van der Waals surface area contributed by atoms with E-state index < -0.39 is 0 Å². The lowest BCUT2D eigenvalue weighted by Gasteiger charge is -2.39. The van der Waals surface area contributed by atoms with Gasteiger partial charge in [0.15, 0.2) is 5.82 Å². The molecule has 1 aromatic carbocycles. The van der Waals surface area contributed by atoms with E-state index in [4.69, 9.17) is 16.3 Å². The Morgan fingerprint density at radius 2 is 2.04 bits per heavy atom. The molecule has 1 aliphatic heterocycles. The van der Waals surface area contributed by atoms with E-state index in [0.717, 1.165) is 36.1 Å². The van der Waals surface area contributed by atoms with Crippen LogP contribution in [0.4, 0.5) is 0 Å². The summed E-state index contributed by atoms with van der Waals surface area (Å²) in [5.41, 5.74) is 1.41. The smallest absolute Gasteiger partial charge is 0.176 e. The molecule has 128 valence electrons. The maximum atomic E-state index is 5.96. The lowest BCUT2D eigenvalue weighted by atomic mass is 9.75. The van der Waals surface area contributed by atoms with Crippen LogP contribution >= 0.6 is 11.6 Å². The van der Waals surface area contributed by atoms with Crippen molar-refractivity contribution in [2.45, 2.75) is 56.8 Å². The number of nitrogens with zero attached hydrogens (tertiary/aromatic N) is 3. The van der Waals surface area contributed by atoms with Crippen molar-refractivity contribution in [1.82, 2.24) is 20.1 Å². The Hall–Kier alpha value is -1.43. The fraction of sp³-hybridized carbons (Fsp3) is 0.556. The highest BCUT2D eigenvalue weighted by molar-refractivity contribution is 6.30. The molecule has 2 aromatic rings. The fourth-order valence-electron chi connectivity index (χ4n) is 3.78. The van der Waals surface area contributed by atoms with Gasteiger partial charge in [-0.3, -0.25) is 0 Å². The number of hydrogen-bond acceptors (Lipinski definition) is 4. The van der Waals surface area contributed by atoms with Gasteiger partial charge in [-0.25, -0.2) is 9.67 Å². The summed E-state index contributed by atoms with van der Waals surface area (Å²) in [7, 11) is 1.68. The molecule has 0 bridgehead atoms. The van der Waals surface area contributed by atoms with Crippen LogP contribution in [0.5, 0.6) is 0 Å². The van der Waals surface area contributed by atoms with Crippen molar-refractivity contribution < 1.29 is 4.74 Å². The van der Waals surface area contributed by atoms with Crippen molar-refractivity contribution in [2.75, 3.05) is 7.11 Å². The Morgan fingerprint density at radius 3 is 2.79 bits per heavy atom. The average molecular weight is 347 g/mol. The van der Waals surface area contributed by atoms with Gasteiger partial charge in [-0.15, -0.1) is 0 Å². The van der Waals surface area contributed by atoms with Crippen LogP contribution in [-0.2, 0) is 24.3 Å². The predicted octanol–water partition coefficient (Wildman–Crippen LogP) is 2.93. The van der Waals surface area contributed by atoms with Gasteiger partial charge in [-0.05, 0) is 42.9 Å². The fourth-order valence-corrected chi connectivity index (χ4v) is 3.91. The second kappa shape index (κ2) is 6.82. The molecule has 1 atom stereocenters. The van der Waals surface area contributed by atoms with Gasteiger partial charge in [0.05, 0.1) is 6.54 Å². The van der Waals surface area contributed by atoms with Gasteiger partial charge in [0.25, 0.3) is 0 Å². The number of methoxy groups -OCH3 is 1. The van der Waals surface area contributed by atoms with Crippen molar-refractivity contribution in [2.24, 2.45) is 0 Å². The average Bonchev–Trinajstić information content (AvgIpc) is 2.93. The number of nitrogens with one attached hydrogen (secondary N) is 1. The van der Waals surface area contributed by atoms with E-state index in [1.165, 1.54) is 18.4 Å². The number of hydrogen-bond donors (Lipinski definition) is 1. The van der Waals surface area contributed by atoms with Crippen LogP contribution in [0.1, 0.15) is 42.4 Å². The van der Waals surface area contributed by atoms with E-state index in [0.29, 0.717) is 24.6 Å². The highest BCUT2D eigenvalue weighted by Crippen LogP contribution is 2.37. The molecule has 6 heteroatoms. The Bertz CT molecular complexity index is 694. The zero-order chi connectivity index (χ0) is 16.5. The van der Waals surface area contributed by atoms with E-state index in [9.17, 15) is 0 Å². The first-order valence-corrected chi connectivity index (χ1v) is 9.02. The Balaban J connectivity index is 1.29. The number of halogens is 1. The van der Waals surface area contributed by atoms with E-state index in [1.54, 1.807) is 7.11 Å². The molecule has 1 N–H and O–H groups in total. The summed E-state index contributed by atoms with van der Waals surface area (Å²) in [6, 6.07) is 9.39. The topological polar surface area (TPSA) is 52.0 Å². The minimum absolute atomic E-state index is 0.490. The zero-order valence-electron chi connectivity index (χ0n) is 13.9. The third kappa shape index (κ3) is 3.34. The molecule has 0 saturated heterocycles. The molecule has 0 radical (unpaired) electrons. The highest BCUT2D eigenvalue weighted by Gasteiger charge is 2.32. The third-order valence-electron chi connectivity index (χ3n) is 5.13. The summed E-state index contributed by atoms with van der Waals surface area (Å²) in [6.07, 6.45) is 4.53. The monoisotopic (exact) mass is 346 g/mol. The number of fused-ring (bicyclic) bond motifs is 1. The van der Waals surface area contributed by atoms with Gasteiger partial charge in [-0.1, -0.05) is 23.7 Å². The molecule has 2 aliphatic rings. The Morgan fingerprint density at radius 1 is 1.25 bits per heavy atom. The zero-order valence-corrected chi connectivity index (χ0v) is 14.7. The largest absolute Gasteiger partial charge is 0.377 e. The molecule has 1 saturated carbocycles. The third-order valence-corrected chi connectivity index (χ3v) is 5.38. The van der Waals surface area contributed by atoms with Crippen LogP contribution in [0.15, 0.2) is 24.3 Å². The van der Waals surface area contributed by atoms with Crippen molar-refractivity contribution in [3.05, 3.63) is 46.5 Å². The Kier molecular flexibility index (Phi) is 4.57. The van der Waals surface area contributed by atoms with Gasteiger partial charge in [-0.2, -0.15) is 5.10 Å². The van der Waals surface area contributed by atoms with Crippen molar-refractivity contribution >= 4 is 11.6 Å². The molecule has 0 amide bonds. The van der Waals surface area contributed by atoms with Crippen LogP contribution < -0.4 is 5.32 Å². The normalized spacial score (nSPS) is 26.0. The lowest BCUT2D eigenvalue weighted by molar-refractivity contribution is 0.177. The van der Waals surface area contributed by atoms with Gasteiger partial charge >= 0.3 is 0 Å². The SMILES string of the molecule is COCc1nc2n(n1)C[C@H](NC1CC(c3ccc(Cl)cc3)C1)CC2. The molecular formula is C18H23ClN4O. The first-order chi connectivity index (χ1) is 11.7. The number of aryl methyl sites for hydroxylation is 1. The van der Waals surface area contributed by atoms with Crippen LogP contribution in [-0.4, -0.2) is 34.0 Å². The van der Waals surface area contributed by atoms with Gasteiger partial charge in [0, 0.05) is 30.6 Å². The number of ether oxygens (including phenoxy) is 1. The van der Waals surface area contributed by atoms with Gasteiger partial charge in [0.1, 0.15) is 12.4 Å². The molecule has 1 aromatic heterocycles. The van der Waals surface area contributed by atoms with Gasteiger partial charge < -0.3 is 10.1 Å². The first-order valence-electron chi connectivity index (χ1n) is 8.64. The molecule has 4 rings (SSSR count). The second-order valence-electron chi connectivity index (χ2n) is 6.88. The Labute approximate surface area is 147 Å². The summed E-state index contributed by atoms with van der Waals surface area (Å²) < 4.78 is 7.17. The summed E-state index contributed by atoms with van der Waals surface area (Å²) in [5.74, 6) is 2.55. The van der Waals surface area contributed by atoms with Crippen molar-refractivity contribution in [3.63, 3.8) is 0 Å². The standard InChI is InChI=1S/C18H23ClN4O/c1-24-11-17-21-18-7-6-15(10-23(18)22-17)20-16-8-13(9-16)12-2-4-14(19)5-3-12/h2-5,13,15-16,20H,6-11H2,1H3/t13?,15-,16?/m1/s1. The highest BCUT2D eigenvalue weighted by atomic mass is 35.5. The number of rotatable bonds is 5. The van der Waals surface area contributed by atoms with Crippen molar-refractivity contribution in [1.29, 1.82) is 0 Å². The molecule has 2 heterocycles. The lowest BCUT2D eigenvalue weighted by Crippen LogP contribution is -2.48. The number of benzene rings is 1. The van der Waals surface area contributed by atoms with Crippen LogP contribution in [0.2, 0.25) is 5.02 Å². The molecular weight excluding hydrogens is 324 g/mol.